The highest BCUT2D eigenvalue weighted by atomic mass is 15.0. The minimum Gasteiger partial charge on any atom is -0.309 e. The molecule has 2 heterocycles. The van der Waals surface area contributed by atoms with Gasteiger partial charge in [0.05, 0.1) is 32.9 Å². The number of rotatable bonds is 4. The molecule has 0 saturated heterocycles. The van der Waals surface area contributed by atoms with Crippen LogP contribution in [-0.2, 0) is 17.3 Å². The van der Waals surface area contributed by atoms with Gasteiger partial charge in [0.15, 0.2) is 0 Å². The zero-order valence-corrected chi connectivity index (χ0v) is 48.5. The third-order valence-electron chi connectivity index (χ3n) is 21.4. The molecule has 0 N–H and O–H groups in total. The molecule has 0 amide bonds. The zero-order chi connectivity index (χ0) is 57.8. The van der Waals surface area contributed by atoms with E-state index in [1.807, 2.05) is 0 Å². The van der Waals surface area contributed by atoms with Gasteiger partial charge in [0.1, 0.15) is 0 Å². The Hall–Kier alpha value is -11.3. The van der Waals surface area contributed by atoms with E-state index in [1.54, 1.807) is 0 Å². The summed E-state index contributed by atoms with van der Waals surface area (Å²) in [5.41, 5.74) is 38.1. The molecule has 0 atom stereocenters. The highest BCUT2D eigenvalue weighted by Gasteiger charge is 2.53. The predicted molar refractivity (Wildman–Crippen MR) is 367 cm³/mol. The van der Waals surface area contributed by atoms with Gasteiger partial charge in [-0.1, -0.05) is 231 Å². The number of benzene rings is 14. The Morgan fingerprint density at radius 2 is 0.494 bits per heavy atom. The Morgan fingerprint density at radius 1 is 0.202 bits per heavy atom. The van der Waals surface area contributed by atoms with Crippen LogP contribution in [0.5, 0.6) is 0 Å². The average Bonchev–Trinajstić information content (AvgIpc) is 1.52. The van der Waals surface area contributed by atoms with E-state index < -0.39 is 10.8 Å². The van der Waals surface area contributed by atoms with Gasteiger partial charge < -0.3 is 9.13 Å². The fourth-order valence-electron chi connectivity index (χ4n) is 17.8. The van der Waals surface area contributed by atoms with Crippen molar-refractivity contribution in [3.8, 4) is 89.3 Å². The van der Waals surface area contributed by atoms with Crippen molar-refractivity contribution in [2.75, 3.05) is 0 Å². The maximum Gasteiger partial charge on any atom is 0.0726 e. The highest BCUT2D eigenvalue weighted by molar-refractivity contribution is 6.12. The van der Waals surface area contributed by atoms with Gasteiger partial charge in [-0.25, -0.2) is 0 Å². The lowest BCUT2D eigenvalue weighted by molar-refractivity contribution is 0.792. The predicted octanol–water partition coefficient (Wildman–Crippen LogP) is 21.5. The molecular weight excluding hydrogens is 1070 g/mol. The smallest absolute Gasteiger partial charge is 0.0726 e. The summed E-state index contributed by atoms with van der Waals surface area (Å²) in [5.74, 6) is 0. The van der Waals surface area contributed by atoms with Gasteiger partial charge in [0.2, 0.25) is 0 Å². The first-order chi connectivity index (χ1) is 44.1. The van der Waals surface area contributed by atoms with Crippen molar-refractivity contribution >= 4 is 43.6 Å². The Morgan fingerprint density at radius 3 is 0.865 bits per heavy atom. The minimum atomic E-state index is -0.412. The van der Waals surface area contributed by atoms with E-state index in [9.17, 15) is 0 Å². The lowest BCUT2D eigenvalue weighted by Crippen LogP contribution is -2.26. The summed E-state index contributed by atoms with van der Waals surface area (Å²) in [6.45, 7) is 0. The van der Waals surface area contributed by atoms with Crippen molar-refractivity contribution in [1.29, 1.82) is 0 Å². The fourth-order valence-corrected chi connectivity index (χ4v) is 17.8. The van der Waals surface area contributed by atoms with Crippen LogP contribution in [0.25, 0.3) is 133 Å². The molecule has 14 aromatic carbocycles. The standard InChI is InChI=1S/C87H52N2/c1-9-25-74-60(17-1)61-18-2-10-26-75(61)86(74)78-29-13-5-21-64(78)66-41-39-58(50-80(66)86)88-82-31-15-7-23-68(82)72-48-54(37-43-84(72)88)52-33-35-56-45-57-36-34-53(47-71(57)70(56)46-52)55-38-44-85-73(49-55)69-24-8-16-32-83(69)89(85)59-40-42-67-65-22-6-14-30-79(65)87(81(67)51-59)76-27-11-3-19-62(76)63-20-4-12-28-77(63)87/h1-44,46-51H,45H2. The number of hydrogen-bond donors (Lipinski definition) is 0. The zero-order valence-electron chi connectivity index (χ0n) is 48.5. The van der Waals surface area contributed by atoms with Gasteiger partial charge in [-0.15, -0.1) is 0 Å². The van der Waals surface area contributed by atoms with Crippen LogP contribution in [0, 0.1) is 0 Å². The van der Waals surface area contributed by atoms with Crippen LogP contribution in [0.4, 0.5) is 0 Å². The van der Waals surface area contributed by atoms with Crippen molar-refractivity contribution in [1.82, 2.24) is 9.13 Å². The molecule has 2 heteroatoms. The molecule has 89 heavy (non-hydrogen) atoms. The quantitative estimate of drug-likeness (QED) is 0.166. The molecule has 2 nitrogen and oxygen atoms in total. The Kier molecular flexibility index (Phi) is 9.26. The lowest BCUT2D eigenvalue weighted by atomic mass is 9.70. The van der Waals surface area contributed by atoms with E-state index in [-0.39, 0.29) is 0 Å². The van der Waals surface area contributed by atoms with E-state index >= 15 is 0 Å². The summed E-state index contributed by atoms with van der Waals surface area (Å²) in [4.78, 5) is 0. The average molecular weight is 1130 g/mol. The molecule has 0 bridgehead atoms. The molecule has 16 aromatic rings. The fraction of sp³-hybridized carbons (Fsp3) is 0.0345. The molecule has 0 aliphatic heterocycles. The molecule has 410 valence electrons. The van der Waals surface area contributed by atoms with Gasteiger partial charge in [-0.2, -0.15) is 0 Å². The van der Waals surface area contributed by atoms with E-state index in [1.165, 1.54) is 189 Å². The van der Waals surface area contributed by atoms with Crippen LogP contribution in [-0.4, -0.2) is 9.13 Å². The van der Waals surface area contributed by atoms with Crippen LogP contribution in [0.1, 0.15) is 55.6 Å². The Bertz CT molecular complexity index is 5370. The molecule has 0 radical (unpaired) electrons. The molecule has 0 saturated carbocycles. The Labute approximate surface area is 515 Å². The summed E-state index contributed by atoms with van der Waals surface area (Å²) in [7, 11) is 0. The second-order valence-corrected chi connectivity index (χ2v) is 25.3. The summed E-state index contributed by atoms with van der Waals surface area (Å²) >= 11 is 0. The monoisotopic (exact) mass is 1120 g/mol. The SMILES string of the molecule is c1ccc2c(c1)-c1ccccc1C21c2ccccc2-c2ccc(-n3c4ccccc4c4cc(-c5ccc6c(c5)-c5cc(-c7ccc8c(c7)c7ccccc7n8-c7ccc8c(c7)C7(c9ccccc9-c9ccccc97)c7ccccc7-8)ccc5C6)ccc43)cc21. The van der Waals surface area contributed by atoms with Crippen LogP contribution in [0.15, 0.2) is 303 Å². The number of aromatic nitrogens is 2. The van der Waals surface area contributed by atoms with E-state index in [2.05, 4.69) is 312 Å². The van der Waals surface area contributed by atoms with Crippen molar-refractivity contribution < 1.29 is 0 Å². The van der Waals surface area contributed by atoms with Crippen molar-refractivity contribution in [2.24, 2.45) is 0 Å². The minimum absolute atomic E-state index is 0.412. The molecule has 2 spiro atoms. The lowest BCUT2D eigenvalue weighted by Gasteiger charge is -2.30. The first-order valence-corrected chi connectivity index (χ1v) is 31.3. The van der Waals surface area contributed by atoms with Crippen molar-refractivity contribution in [3.63, 3.8) is 0 Å². The third-order valence-corrected chi connectivity index (χ3v) is 21.4. The molecule has 2 aromatic heterocycles. The molecule has 0 fully saturated rings. The molecule has 5 aliphatic carbocycles. The largest absolute Gasteiger partial charge is 0.309 e. The van der Waals surface area contributed by atoms with Crippen LogP contribution in [0.3, 0.4) is 0 Å². The van der Waals surface area contributed by atoms with Gasteiger partial charge >= 0.3 is 0 Å². The van der Waals surface area contributed by atoms with Gasteiger partial charge in [-0.05, 0) is 213 Å². The normalized spacial score (nSPS) is 14.2. The maximum absolute atomic E-state index is 2.51. The Balaban J connectivity index is 0.657. The molecule has 0 unspecified atom stereocenters. The van der Waals surface area contributed by atoms with E-state index in [0.29, 0.717) is 0 Å². The van der Waals surface area contributed by atoms with Gasteiger partial charge in [-0.3, -0.25) is 0 Å². The third kappa shape index (κ3) is 6.01. The number of nitrogens with zero attached hydrogens (tertiary/aromatic N) is 2. The molecule has 21 rings (SSSR count). The summed E-state index contributed by atoms with van der Waals surface area (Å²) in [6.07, 6.45) is 0.929. The van der Waals surface area contributed by atoms with Gasteiger partial charge in [0, 0.05) is 32.9 Å². The first-order valence-electron chi connectivity index (χ1n) is 31.3. The topological polar surface area (TPSA) is 9.86 Å². The summed E-state index contributed by atoms with van der Waals surface area (Å²) in [5, 5.41) is 5.01. The van der Waals surface area contributed by atoms with E-state index in [0.717, 1.165) is 6.42 Å². The highest BCUT2D eigenvalue weighted by Crippen LogP contribution is 2.65. The van der Waals surface area contributed by atoms with Crippen LogP contribution >= 0.6 is 0 Å². The van der Waals surface area contributed by atoms with Gasteiger partial charge in [0.25, 0.3) is 0 Å². The number of fused-ring (bicyclic) bond motifs is 29. The number of para-hydroxylation sites is 2. The first kappa shape index (κ1) is 47.9. The maximum atomic E-state index is 2.51. The number of hydrogen-bond acceptors (Lipinski definition) is 0. The molecule has 5 aliphatic rings. The second kappa shape index (κ2) is 17.2. The van der Waals surface area contributed by atoms with Crippen molar-refractivity contribution in [3.05, 3.63) is 359 Å². The molecular formula is C87H52N2. The second-order valence-electron chi connectivity index (χ2n) is 25.3. The van der Waals surface area contributed by atoms with Crippen LogP contribution in [0.2, 0.25) is 0 Å². The summed E-state index contributed by atoms with van der Waals surface area (Å²) < 4.78 is 5.01. The van der Waals surface area contributed by atoms with Crippen molar-refractivity contribution in [2.45, 2.75) is 17.3 Å². The summed E-state index contributed by atoms with van der Waals surface area (Å²) in [6, 6.07) is 116. The van der Waals surface area contributed by atoms with Crippen LogP contribution < -0.4 is 0 Å². The van der Waals surface area contributed by atoms with E-state index in [4.69, 9.17) is 0 Å².